The van der Waals surface area contributed by atoms with Gasteiger partial charge < -0.3 is 14.7 Å². The van der Waals surface area contributed by atoms with Crippen molar-refractivity contribution in [3.63, 3.8) is 0 Å². The number of nitrogens with zero attached hydrogens (tertiary/aromatic N) is 7. The Balaban J connectivity index is 1.59. The van der Waals surface area contributed by atoms with Gasteiger partial charge in [-0.05, 0) is 24.1 Å². The molecule has 1 fully saturated rings. The lowest BCUT2D eigenvalue weighted by Crippen LogP contribution is -2.48. The summed E-state index contributed by atoms with van der Waals surface area (Å²) in [5.74, 6) is -1.48. The highest BCUT2D eigenvalue weighted by molar-refractivity contribution is 5.89. The number of likely N-dealkylation sites (tertiary alicyclic amines) is 1. The minimum absolute atomic E-state index is 0.0190. The molecular formula is C22H23F3N8O3. The van der Waals surface area contributed by atoms with Crippen LogP contribution in [0.5, 0.6) is 5.88 Å². The Kier molecular flexibility index (Phi) is 6.01. The number of hydrogen-bond acceptors (Lipinski definition) is 7. The SMILES string of the molecule is [2H]c1c(F)c(-c2ccc3nnn(CCF)c3c2)c2c(OC)nc(=N[C@H]3CCN(C(=O)CO)C[C@H]3F)[nH]n12. The van der Waals surface area contributed by atoms with Crippen LogP contribution in [-0.2, 0) is 11.3 Å². The normalized spacial score (nSPS) is 19.3. The minimum Gasteiger partial charge on any atom is -0.479 e. The number of amides is 1. The van der Waals surface area contributed by atoms with Crippen LogP contribution in [-0.4, -0.2) is 91.2 Å². The molecule has 36 heavy (non-hydrogen) atoms. The van der Waals surface area contributed by atoms with Crippen molar-refractivity contribution < 1.29 is 29.2 Å². The number of aromatic amines is 1. The summed E-state index contributed by atoms with van der Waals surface area (Å²) in [4.78, 5) is 21.5. The average Bonchev–Trinajstić information content (AvgIpc) is 3.42. The van der Waals surface area contributed by atoms with Gasteiger partial charge in [-0.2, -0.15) is 4.98 Å². The highest BCUT2D eigenvalue weighted by Gasteiger charge is 2.31. The number of fused-ring (bicyclic) bond motifs is 2. The van der Waals surface area contributed by atoms with E-state index < -0.39 is 43.4 Å². The number of piperidine rings is 1. The van der Waals surface area contributed by atoms with Crippen LogP contribution in [0.4, 0.5) is 13.2 Å². The number of aryl methyl sites for hydroxylation is 1. The predicted octanol–water partition coefficient (Wildman–Crippen LogP) is 1.02. The third-order valence-electron chi connectivity index (χ3n) is 6.09. The summed E-state index contributed by atoms with van der Waals surface area (Å²) >= 11 is 0. The molecule has 3 aromatic heterocycles. The molecule has 14 heteroatoms. The molecule has 0 unspecified atom stereocenters. The van der Waals surface area contributed by atoms with Gasteiger partial charge in [0.1, 0.15) is 30.5 Å². The van der Waals surface area contributed by atoms with Crippen LogP contribution in [0.1, 0.15) is 7.79 Å². The molecule has 2 atom stereocenters. The van der Waals surface area contributed by atoms with Crippen LogP contribution < -0.4 is 10.4 Å². The van der Waals surface area contributed by atoms with Crippen molar-refractivity contribution in [2.75, 3.05) is 33.5 Å². The monoisotopic (exact) mass is 505 g/mol. The zero-order valence-electron chi connectivity index (χ0n) is 20.2. The topological polar surface area (TPSA) is 126 Å². The second-order valence-electron chi connectivity index (χ2n) is 8.25. The molecule has 4 aromatic rings. The second-order valence-corrected chi connectivity index (χ2v) is 8.25. The molecule has 1 saturated heterocycles. The van der Waals surface area contributed by atoms with E-state index in [1.54, 1.807) is 18.2 Å². The summed E-state index contributed by atoms with van der Waals surface area (Å²) in [6.07, 6.45) is -1.86. The first-order chi connectivity index (χ1) is 17.9. The van der Waals surface area contributed by atoms with Gasteiger partial charge in [-0.15, -0.1) is 5.10 Å². The number of nitrogens with one attached hydrogen (secondary N) is 1. The number of halogens is 3. The maximum Gasteiger partial charge on any atom is 0.248 e. The molecule has 11 nitrogen and oxygen atoms in total. The number of ether oxygens (including phenoxy) is 1. The number of methoxy groups -OCH3 is 1. The van der Waals surface area contributed by atoms with Gasteiger partial charge in [0, 0.05) is 6.54 Å². The third-order valence-corrected chi connectivity index (χ3v) is 6.09. The summed E-state index contributed by atoms with van der Waals surface area (Å²) < 4.78 is 59.3. The Bertz CT molecular complexity index is 1550. The maximum atomic E-state index is 15.4. The molecule has 4 heterocycles. The van der Waals surface area contributed by atoms with E-state index in [0.717, 1.165) is 4.52 Å². The van der Waals surface area contributed by atoms with E-state index in [0.29, 0.717) is 16.6 Å². The minimum atomic E-state index is -1.51. The van der Waals surface area contributed by atoms with Crippen molar-refractivity contribution in [3.05, 3.63) is 35.8 Å². The number of carbonyl (C=O) groups excluding carboxylic acids is 1. The largest absolute Gasteiger partial charge is 0.479 e. The van der Waals surface area contributed by atoms with Crippen molar-refractivity contribution in [1.29, 1.82) is 0 Å². The van der Waals surface area contributed by atoms with Gasteiger partial charge in [-0.1, -0.05) is 11.3 Å². The Hall–Kier alpha value is -3.94. The van der Waals surface area contributed by atoms with Gasteiger partial charge in [0.25, 0.3) is 0 Å². The molecule has 0 aliphatic carbocycles. The van der Waals surface area contributed by atoms with E-state index in [2.05, 4.69) is 25.4 Å². The summed E-state index contributed by atoms with van der Waals surface area (Å²) in [5.41, 5.74) is 1.40. The molecule has 1 aliphatic heterocycles. The van der Waals surface area contributed by atoms with Gasteiger partial charge in [0.15, 0.2) is 5.82 Å². The fraction of sp³-hybridized carbons (Fsp3) is 0.409. The quantitative estimate of drug-likeness (QED) is 0.403. The molecule has 0 bridgehead atoms. The van der Waals surface area contributed by atoms with Crippen LogP contribution in [0.15, 0.2) is 29.4 Å². The van der Waals surface area contributed by atoms with Gasteiger partial charge in [0.2, 0.25) is 17.4 Å². The van der Waals surface area contributed by atoms with E-state index in [-0.39, 0.29) is 48.6 Å². The highest BCUT2D eigenvalue weighted by atomic mass is 19.1. The third kappa shape index (κ3) is 4.17. The lowest BCUT2D eigenvalue weighted by atomic mass is 10.0. The lowest BCUT2D eigenvalue weighted by Gasteiger charge is -2.32. The predicted molar refractivity (Wildman–Crippen MR) is 121 cm³/mol. The van der Waals surface area contributed by atoms with Gasteiger partial charge in [-0.25, -0.2) is 22.8 Å². The number of aliphatic hydroxyl groups excluding tert-OH is 1. The molecule has 1 aromatic carbocycles. The van der Waals surface area contributed by atoms with Crippen LogP contribution in [0.3, 0.4) is 0 Å². The molecule has 5 rings (SSSR count). The number of hydrogen-bond donors (Lipinski definition) is 2. The number of rotatable bonds is 6. The molecule has 0 spiro atoms. The van der Waals surface area contributed by atoms with Crippen LogP contribution >= 0.6 is 0 Å². The van der Waals surface area contributed by atoms with Crippen molar-refractivity contribution >= 4 is 22.5 Å². The maximum absolute atomic E-state index is 15.4. The Morgan fingerprint density at radius 3 is 3.00 bits per heavy atom. The summed E-state index contributed by atoms with van der Waals surface area (Å²) in [7, 11) is 1.32. The number of aromatic nitrogens is 6. The van der Waals surface area contributed by atoms with Gasteiger partial charge in [0.05, 0.1) is 44.9 Å². The smallest absolute Gasteiger partial charge is 0.248 e. The fourth-order valence-corrected chi connectivity index (χ4v) is 4.34. The summed E-state index contributed by atoms with van der Waals surface area (Å²) in [6, 6.07) is 3.95. The Morgan fingerprint density at radius 2 is 2.28 bits per heavy atom. The van der Waals surface area contributed by atoms with E-state index >= 15 is 4.39 Å². The molecule has 0 radical (unpaired) electrons. The molecular weight excluding hydrogens is 481 g/mol. The van der Waals surface area contributed by atoms with E-state index in [1.807, 2.05) is 0 Å². The Morgan fingerprint density at radius 1 is 1.44 bits per heavy atom. The first kappa shape index (κ1) is 22.5. The average molecular weight is 505 g/mol. The zero-order valence-corrected chi connectivity index (χ0v) is 19.2. The van der Waals surface area contributed by atoms with E-state index in [4.69, 9.17) is 11.2 Å². The number of aliphatic hydroxyl groups is 1. The highest BCUT2D eigenvalue weighted by Crippen LogP contribution is 2.34. The van der Waals surface area contributed by atoms with Crippen LogP contribution in [0, 0.1) is 5.82 Å². The number of H-pyrrole nitrogens is 1. The molecule has 0 saturated carbocycles. The van der Waals surface area contributed by atoms with Crippen molar-refractivity contribution in [1.82, 2.24) is 34.5 Å². The summed E-state index contributed by atoms with van der Waals surface area (Å²) in [6.45, 7) is -1.40. The lowest BCUT2D eigenvalue weighted by molar-refractivity contribution is -0.136. The van der Waals surface area contributed by atoms with Gasteiger partial charge in [-0.3, -0.25) is 14.4 Å². The van der Waals surface area contributed by atoms with E-state index in [1.165, 1.54) is 16.7 Å². The first-order valence-corrected chi connectivity index (χ1v) is 11.2. The summed E-state index contributed by atoms with van der Waals surface area (Å²) in [5, 5.41) is 19.6. The first-order valence-electron chi connectivity index (χ1n) is 11.7. The molecule has 2 N–H and O–H groups in total. The number of benzene rings is 1. The van der Waals surface area contributed by atoms with Crippen LogP contribution in [0.25, 0.3) is 27.7 Å². The van der Waals surface area contributed by atoms with Crippen LogP contribution in [0.2, 0.25) is 0 Å². The number of carbonyl (C=O) groups is 1. The standard InChI is InChI=1S/C22H23F3N8O3/c1-36-21-20-19(12-2-3-16-17(8-12)32(7-5-23)30-28-16)14(25)10-33(20)29-22(27-21)26-15-4-6-31(9-13(15)24)18(35)11-34/h2-3,8,10,13,15,34H,4-7,9,11H2,1H3,(H,26,29)/t13-,15+/m1/s1/i10D. The Labute approximate surface area is 203 Å². The van der Waals surface area contributed by atoms with Crippen molar-refractivity contribution in [2.24, 2.45) is 4.99 Å². The molecule has 190 valence electrons. The fourth-order valence-electron chi connectivity index (χ4n) is 4.34. The number of alkyl halides is 2. The van der Waals surface area contributed by atoms with E-state index in [9.17, 15) is 13.6 Å². The van der Waals surface area contributed by atoms with Crippen molar-refractivity contribution in [3.8, 4) is 17.0 Å². The van der Waals surface area contributed by atoms with Gasteiger partial charge >= 0.3 is 0 Å². The second kappa shape index (κ2) is 9.60. The zero-order chi connectivity index (χ0) is 26.3. The van der Waals surface area contributed by atoms with Crippen molar-refractivity contribution in [2.45, 2.75) is 25.2 Å². The molecule has 1 aliphatic rings. The molecule has 1 amide bonds.